The van der Waals surface area contributed by atoms with Crippen molar-refractivity contribution in [2.24, 2.45) is 11.3 Å². The average Bonchev–Trinajstić information content (AvgIpc) is 3.26. The van der Waals surface area contributed by atoms with Gasteiger partial charge in [-0.25, -0.2) is 9.97 Å². The van der Waals surface area contributed by atoms with E-state index in [-0.39, 0.29) is 11.9 Å². The van der Waals surface area contributed by atoms with Crippen molar-refractivity contribution < 1.29 is 9.53 Å². The molecule has 132 valence electrons. The molecule has 2 aliphatic heterocycles. The molecule has 0 spiro atoms. The molecule has 0 bridgehead atoms. The molecule has 3 heterocycles. The Morgan fingerprint density at radius 2 is 1.88 bits per heavy atom. The maximum absolute atomic E-state index is 12.6. The molecule has 6 nitrogen and oxygen atoms in total. The largest absolute Gasteiger partial charge is 0.466 e. The standard InChI is InChI=1S/C18H28N4O2/c1-4-24-17(23)18(14(2)3)7-10-22(12-18)16-11-15(19-13-20-16)21-8-5-6-9-21/h11,13-14H,4-10,12H2,1-3H3. The lowest BCUT2D eigenvalue weighted by molar-refractivity contribution is -0.156. The van der Waals surface area contributed by atoms with E-state index in [0.29, 0.717) is 13.2 Å². The van der Waals surface area contributed by atoms with E-state index in [1.54, 1.807) is 6.33 Å². The summed E-state index contributed by atoms with van der Waals surface area (Å²) < 4.78 is 5.37. The number of carbonyl (C=O) groups is 1. The molecule has 0 aliphatic carbocycles. The highest BCUT2D eigenvalue weighted by atomic mass is 16.5. The first-order valence-electron chi connectivity index (χ1n) is 9.06. The molecule has 1 atom stereocenters. The predicted octanol–water partition coefficient (Wildman–Crippen LogP) is 2.49. The molecule has 0 N–H and O–H groups in total. The van der Waals surface area contributed by atoms with Gasteiger partial charge in [-0.05, 0) is 32.1 Å². The summed E-state index contributed by atoms with van der Waals surface area (Å²) in [6, 6.07) is 2.06. The van der Waals surface area contributed by atoms with Crippen LogP contribution in [-0.4, -0.2) is 48.7 Å². The van der Waals surface area contributed by atoms with Gasteiger partial charge in [0.25, 0.3) is 0 Å². The smallest absolute Gasteiger partial charge is 0.314 e. The molecule has 6 heteroatoms. The molecule has 2 saturated heterocycles. The van der Waals surface area contributed by atoms with Gasteiger partial charge < -0.3 is 14.5 Å². The van der Waals surface area contributed by atoms with Gasteiger partial charge in [-0.15, -0.1) is 0 Å². The Hall–Kier alpha value is -1.85. The lowest BCUT2D eigenvalue weighted by Gasteiger charge is -2.31. The summed E-state index contributed by atoms with van der Waals surface area (Å²) in [6.07, 6.45) is 4.90. The van der Waals surface area contributed by atoms with E-state index < -0.39 is 5.41 Å². The number of anilines is 2. The molecular weight excluding hydrogens is 304 g/mol. The summed E-state index contributed by atoms with van der Waals surface area (Å²) in [5, 5.41) is 0. The zero-order valence-corrected chi connectivity index (χ0v) is 15.0. The van der Waals surface area contributed by atoms with Crippen LogP contribution in [0.25, 0.3) is 0 Å². The van der Waals surface area contributed by atoms with Crippen LogP contribution < -0.4 is 9.80 Å². The van der Waals surface area contributed by atoms with Crippen LogP contribution in [0, 0.1) is 11.3 Å². The van der Waals surface area contributed by atoms with E-state index in [1.165, 1.54) is 12.8 Å². The number of aromatic nitrogens is 2. The van der Waals surface area contributed by atoms with Gasteiger partial charge in [0.15, 0.2) is 0 Å². The van der Waals surface area contributed by atoms with Gasteiger partial charge in [0.05, 0.1) is 12.0 Å². The van der Waals surface area contributed by atoms with E-state index in [1.807, 2.05) is 6.92 Å². The third-order valence-corrected chi connectivity index (χ3v) is 5.48. The minimum atomic E-state index is -0.436. The highest BCUT2D eigenvalue weighted by molar-refractivity contribution is 5.79. The zero-order chi connectivity index (χ0) is 17.2. The molecule has 0 aromatic carbocycles. The number of hydrogen-bond acceptors (Lipinski definition) is 6. The molecule has 2 fully saturated rings. The van der Waals surface area contributed by atoms with E-state index in [0.717, 1.165) is 37.7 Å². The Morgan fingerprint density at radius 1 is 1.21 bits per heavy atom. The van der Waals surface area contributed by atoms with Gasteiger partial charge in [0.1, 0.15) is 18.0 Å². The van der Waals surface area contributed by atoms with Crippen molar-refractivity contribution in [2.75, 3.05) is 42.6 Å². The SMILES string of the molecule is CCOC(=O)C1(C(C)C)CCN(c2cc(N3CCCC3)ncn2)C1. The van der Waals surface area contributed by atoms with Crippen LogP contribution in [0.1, 0.15) is 40.0 Å². The van der Waals surface area contributed by atoms with Crippen LogP contribution in [0.15, 0.2) is 12.4 Å². The summed E-state index contributed by atoms with van der Waals surface area (Å²) in [7, 11) is 0. The van der Waals surface area contributed by atoms with Gasteiger partial charge >= 0.3 is 5.97 Å². The quantitative estimate of drug-likeness (QED) is 0.772. The van der Waals surface area contributed by atoms with Crippen LogP contribution >= 0.6 is 0 Å². The predicted molar refractivity (Wildman–Crippen MR) is 94.2 cm³/mol. The first kappa shape index (κ1) is 17.0. The Morgan fingerprint density at radius 3 is 2.50 bits per heavy atom. The van der Waals surface area contributed by atoms with Gasteiger partial charge in [-0.3, -0.25) is 4.79 Å². The highest BCUT2D eigenvalue weighted by Gasteiger charge is 2.48. The van der Waals surface area contributed by atoms with Gasteiger partial charge in [-0.1, -0.05) is 13.8 Å². The molecule has 3 rings (SSSR count). The van der Waals surface area contributed by atoms with Crippen molar-refractivity contribution in [3.8, 4) is 0 Å². The normalized spacial score (nSPS) is 24.0. The molecule has 0 saturated carbocycles. The Bertz CT molecular complexity index is 586. The van der Waals surface area contributed by atoms with Gasteiger partial charge in [-0.2, -0.15) is 0 Å². The van der Waals surface area contributed by atoms with Crippen molar-refractivity contribution in [3.05, 3.63) is 12.4 Å². The summed E-state index contributed by atoms with van der Waals surface area (Å²) in [5.74, 6) is 2.08. The van der Waals surface area contributed by atoms with E-state index in [9.17, 15) is 4.79 Å². The van der Waals surface area contributed by atoms with Crippen LogP contribution in [0.4, 0.5) is 11.6 Å². The number of ether oxygens (including phenoxy) is 1. The van der Waals surface area contributed by atoms with Crippen molar-refractivity contribution in [1.29, 1.82) is 0 Å². The van der Waals surface area contributed by atoms with E-state index >= 15 is 0 Å². The second kappa shape index (κ2) is 6.95. The third-order valence-electron chi connectivity index (χ3n) is 5.48. The Labute approximate surface area is 144 Å². The third kappa shape index (κ3) is 3.06. The lowest BCUT2D eigenvalue weighted by atomic mass is 9.76. The molecule has 1 aromatic heterocycles. The van der Waals surface area contributed by atoms with Crippen LogP contribution in [0.3, 0.4) is 0 Å². The average molecular weight is 332 g/mol. The maximum Gasteiger partial charge on any atom is 0.314 e. The van der Waals surface area contributed by atoms with Crippen molar-refractivity contribution in [3.63, 3.8) is 0 Å². The summed E-state index contributed by atoms with van der Waals surface area (Å²) >= 11 is 0. The highest BCUT2D eigenvalue weighted by Crippen LogP contribution is 2.40. The monoisotopic (exact) mass is 332 g/mol. The topological polar surface area (TPSA) is 58.6 Å². The molecule has 2 aliphatic rings. The first-order valence-corrected chi connectivity index (χ1v) is 9.06. The summed E-state index contributed by atoms with van der Waals surface area (Å²) in [6.45, 7) is 10.1. The molecule has 0 amide bonds. The fraction of sp³-hybridized carbons (Fsp3) is 0.722. The van der Waals surface area contributed by atoms with Crippen molar-refractivity contribution in [1.82, 2.24) is 9.97 Å². The minimum absolute atomic E-state index is 0.0728. The molecule has 1 unspecified atom stereocenters. The number of esters is 1. The maximum atomic E-state index is 12.6. The molecule has 24 heavy (non-hydrogen) atoms. The Balaban J connectivity index is 1.79. The minimum Gasteiger partial charge on any atom is -0.466 e. The fourth-order valence-electron chi connectivity index (χ4n) is 3.81. The zero-order valence-electron chi connectivity index (χ0n) is 15.0. The van der Waals surface area contributed by atoms with E-state index in [4.69, 9.17) is 4.74 Å². The molecular formula is C18H28N4O2. The lowest BCUT2D eigenvalue weighted by Crippen LogP contribution is -2.40. The van der Waals surface area contributed by atoms with Gasteiger partial charge in [0, 0.05) is 32.2 Å². The van der Waals surface area contributed by atoms with Crippen molar-refractivity contribution in [2.45, 2.75) is 40.0 Å². The first-order chi connectivity index (χ1) is 11.6. The van der Waals surface area contributed by atoms with Crippen molar-refractivity contribution >= 4 is 17.6 Å². The second-order valence-electron chi connectivity index (χ2n) is 7.13. The van der Waals surface area contributed by atoms with Crippen LogP contribution in [0.2, 0.25) is 0 Å². The van der Waals surface area contributed by atoms with E-state index in [2.05, 4.69) is 39.7 Å². The number of rotatable bonds is 5. The van der Waals surface area contributed by atoms with Crippen LogP contribution in [0.5, 0.6) is 0 Å². The molecule has 1 aromatic rings. The van der Waals surface area contributed by atoms with Gasteiger partial charge in [0.2, 0.25) is 0 Å². The van der Waals surface area contributed by atoms with Crippen LogP contribution in [-0.2, 0) is 9.53 Å². The second-order valence-corrected chi connectivity index (χ2v) is 7.13. The number of hydrogen-bond donors (Lipinski definition) is 0. The number of carbonyl (C=O) groups excluding carboxylic acids is 1. The Kier molecular flexibility index (Phi) is 4.92. The summed E-state index contributed by atoms with van der Waals surface area (Å²) in [5.41, 5.74) is -0.436. The number of nitrogens with zero attached hydrogens (tertiary/aromatic N) is 4. The molecule has 0 radical (unpaired) electrons. The summed E-state index contributed by atoms with van der Waals surface area (Å²) in [4.78, 5) is 26.0. The fourth-order valence-corrected chi connectivity index (χ4v) is 3.81.